The van der Waals surface area contributed by atoms with E-state index in [2.05, 4.69) is 15.3 Å². The van der Waals surface area contributed by atoms with E-state index in [-0.39, 0.29) is 30.9 Å². The molecule has 0 spiro atoms. The second-order valence-corrected chi connectivity index (χ2v) is 8.42. The van der Waals surface area contributed by atoms with Crippen LogP contribution in [-0.2, 0) is 19.1 Å². The van der Waals surface area contributed by atoms with Crippen LogP contribution in [0.25, 0.3) is 0 Å². The number of amidine groups is 1. The highest BCUT2D eigenvalue weighted by Gasteiger charge is 2.36. The molecule has 1 saturated heterocycles. The lowest BCUT2D eigenvalue weighted by Crippen LogP contribution is -2.52. The number of hydrogen-bond acceptors (Lipinski definition) is 9. The number of morpholine rings is 1. The Morgan fingerprint density at radius 2 is 2.18 bits per heavy atom. The van der Waals surface area contributed by atoms with E-state index in [9.17, 15) is 23.5 Å². The summed E-state index contributed by atoms with van der Waals surface area (Å²) < 4.78 is 38.3. The van der Waals surface area contributed by atoms with Gasteiger partial charge in [0.1, 0.15) is 12.1 Å². The molecule has 4 rings (SSSR count). The average molecular weight is 493 g/mol. The zero-order chi connectivity index (χ0) is 24.2. The molecule has 0 aliphatic carbocycles. The minimum Gasteiger partial charge on any atom is -0.480 e. The molecule has 2 atom stereocenters. The zero-order valence-electron chi connectivity index (χ0n) is 18.2. The minimum atomic E-state index is -1.08. The van der Waals surface area contributed by atoms with Crippen LogP contribution in [-0.4, -0.2) is 71.7 Å². The Balaban J connectivity index is 1.82. The standard InChI is InChI=1S/C22H22F2N4O5S/c1-2-33-22(31)17-15(10-28-6-7-32-11-16(28)21(29)30)26-19(20-25-5-8-34-20)27-18(17)12-3-4-13(23)14(24)9-12/h3-5,8-9,16,18H,2,6-7,10-11H2,1H3,(H,26,27)(H,29,30)/t16-,18-/m0/s1. The number of nitrogens with zero attached hydrogens (tertiary/aromatic N) is 3. The highest BCUT2D eigenvalue weighted by Crippen LogP contribution is 2.34. The number of nitrogens with one attached hydrogen (secondary N) is 1. The van der Waals surface area contributed by atoms with Crippen molar-refractivity contribution < 1.29 is 33.0 Å². The molecule has 180 valence electrons. The number of halogens is 2. The van der Waals surface area contributed by atoms with E-state index in [1.807, 2.05) is 0 Å². The van der Waals surface area contributed by atoms with Crippen LogP contribution in [0.5, 0.6) is 0 Å². The van der Waals surface area contributed by atoms with Crippen molar-refractivity contribution in [2.24, 2.45) is 4.99 Å². The molecule has 0 unspecified atom stereocenters. The quantitative estimate of drug-likeness (QED) is 0.565. The second-order valence-electron chi connectivity index (χ2n) is 7.53. The van der Waals surface area contributed by atoms with Crippen LogP contribution in [0.1, 0.15) is 23.5 Å². The summed E-state index contributed by atoms with van der Waals surface area (Å²) in [5, 5.41) is 15.0. The van der Waals surface area contributed by atoms with E-state index in [0.717, 1.165) is 12.1 Å². The first-order valence-electron chi connectivity index (χ1n) is 10.5. The van der Waals surface area contributed by atoms with Crippen molar-refractivity contribution in [3.05, 3.63) is 63.3 Å². The third kappa shape index (κ3) is 4.98. The Morgan fingerprint density at radius 1 is 1.35 bits per heavy atom. The maximum absolute atomic E-state index is 14.1. The molecule has 3 heterocycles. The van der Waals surface area contributed by atoms with Gasteiger partial charge in [-0.15, -0.1) is 11.3 Å². The van der Waals surface area contributed by atoms with Gasteiger partial charge in [0.2, 0.25) is 0 Å². The van der Waals surface area contributed by atoms with E-state index in [1.165, 1.54) is 17.4 Å². The molecule has 0 amide bonds. The second kappa shape index (κ2) is 10.4. The third-order valence-electron chi connectivity index (χ3n) is 5.40. The van der Waals surface area contributed by atoms with Gasteiger partial charge < -0.3 is 19.9 Å². The number of aliphatic imine (C=N–C) groups is 1. The normalized spacial score (nSPS) is 21.1. The van der Waals surface area contributed by atoms with Crippen molar-refractivity contribution in [2.75, 3.05) is 32.9 Å². The van der Waals surface area contributed by atoms with Crippen LogP contribution in [0.4, 0.5) is 8.78 Å². The Kier molecular flexibility index (Phi) is 7.29. The molecule has 2 N–H and O–H groups in total. The van der Waals surface area contributed by atoms with Gasteiger partial charge in [0.15, 0.2) is 22.5 Å². The van der Waals surface area contributed by atoms with Gasteiger partial charge in [0.25, 0.3) is 0 Å². The summed E-state index contributed by atoms with van der Waals surface area (Å²) in [5.74, 6) is -3.53. The minimum absolute atomic E-state index is 0.00260. The molecular formula is C22H22F2N4O5S. The van der Waals surface area contributed by atoms with Crippen LogP contribution < -0.4 is 5.32 Å². The molecule has 0 bridgehead atoms. The maximum atomic E-state index is 14.1. The van der Waals surface area contributed by atoms with Crippen LogP contribution in [0.15, 0.2) is 46.0 Å². The number of ether oxygens (including phenoxy) is 2. The fraction of sp³-hybridized carbons (Fsp3) is 0.364. The molecule has 1 aromatic heterocycles. The molecular weight excluding hydrogens is 470 g/mol. The summed E-state index contributed by atoms with van der Waals surface area (Å²) in [6.45, 7) is 2.41. The lowest BCUT2D eigenvalue weighted by molar-refractivity contribution is -0.149. The first-order valence-corrected chi connectivity index (χ1v) is 11.4. The maximum Gasteiger partial charge on any atom is 0.338 e. The van der Waals surface area contributed by atoms with Crippen molar-refractivity contribution in [3.8, 4) is 0 Å². The molecule has 34 heavy (non-hydrogen) atoms. The molecule has 2 aliphatic heterocycles. The lowest BCUT2D eigenvalue weighted by Gasteiger charge is -2.35. The van der Waals surface area contributed by atoms with Gasteiger partial charge in [-0.25, -0.2) is 18.6 Å². The Morgan fingerprint density at radius 3 is 2.85 bits per heavy atom. The number of rotatable bonds is 7. The van der Waals surface area contributed by atoms with Crippen molar-refractivity contribution in [3.63, 3.8) is 0 Å². The Hall–Kier alpha value is -3.22. The van der Waals surface area contributed by atoms with Crippen LogP contribution >= 0.6 is 11.3 Å². The van der Waals surface area contributed by atoms with Gasteiger partial charge in [0, 0.05) is 30.4 Å². The number of carboxylic acid groups (broad SMARTS) is 1. The van der Waals surface area contributed by atoms with E-state index >= 15 is 0 Å². The molecule has 0 saturated carbocycles. The highest BCUT2D eigenvalue weighted by atomic mass is 32.1. The topological polar surface area (TPSA) is 113 Å². The van der Waals surface area contributed by atoms with Gasteiger partial charge in [0.05, 0.1) is 25.4 Å². The molecule has 1 fully saturated rings. The highest BCUT2D eigenvalue weighted by molar-refractivity contribution is 7.11. The van der Waals surface area contributed by atoms with Gasteiger partial charge in [-0.05, 0) is 24.6 Å². The van der Waals surface area contributed by atoms with E-state index < -0.39 is 35.7 Å². The SMILES string of the molecule is CCOC(=O)C1=C(CN2CCOC[C@H]2C(=O)O)NC(c2nccs2)=N[C@H]1c1ccc(F)c(F)c1. The number of aliphatic carboxylic acids is 1. The Bertz CT molecular complexity index is 1140. The van der Waals surface area contributed by atoms with Gasteiger partial charge in [-0.2, -0.15) is 0 Å². The first kappa shape index (κ1) is 23.9. The molecule has 9 nitrogen and oxygen atoms in total. The van der Waals surface area contributed by atoms with E-state index in [1.54, 1.807) is 23.4 Å². The third-order valence-corrected chi connectivity index (χ3v) is 6.18. The smallest absolute Gasteiger partial charge is 0.338 e. The summed E-state index contributed by atoms with van der Waals surface area (Å²) >= 11 is 1.30. The van der Waals surface area contributed by atoms with Gasteiger partial charge in [-0.1, -0.05) is 6.07 Å². The van der Waals surface area contributed by atoms with Crippen LogP contribution in [0.3, 0.4) is 0 Å². The summed E-state index contributed by atoms with van der Waals surface area (Å²) in [7, 11) is 0. The summed E-state index contributed by atoms with van der Waals surface area (Å²) in [5.41, 5.74) is 0.678. The molecule has 2 aliphatic rings. The predicted molar refractivity (Wildman–Crippen MR) is 118 cm³/mol. The number of esters is 1. The van der Waals surface area contributed by atoms with Crippen molar-refractivity contribution >= 4 is 29.1 Å². The van der Waals surface area contributed by atoms with Gasteiger partial charge in [-0.3, -0.25) is 14.7 Å². The van der Waals surface area contributed by atoms with E-state index in [0.29, 0.717) is 29.7 Å². The molecule has 0 radical (unpaired) electrons. The number of thiazole rings is 1. The van der Waals surface area contributed by atoms with Gasteiger partial charge >= 0.3 is 11.9 Å². The van der Waals surface area contributed by atoms with Crippen molar-refractivity contribution in [2.45, 2.75) is 19.0 Å². The summed E-state index contributed by atoms with van der Waals surface area (Å²) in [6, 6.07) is 1.36. The number of carbonyl (C=O) groups is 2. The van der Waals surface area contributed by atoms with Crippen LogP contribution in [0, 0.1) is 11.6 Å². The molecule has 1 aromatic carbocycles. The number of benzene rings is 1. The van der Waals surface area contributed by atoms with Crippen molar-refractivity contribution in [1.29, 1.82) is 0 Å². The van der Waals surface area contributed by atoms with Crippen LogP contribution in [0.2, 0.25) is 0 Å². The first-order chi connectivity index (χ1) is 16.4. The zero-order valence-corrected chi connectivity index (χ0v) is 19.0. The lowest BCUT2D eigenvalue weighted by atomic mass is 9.95. The summed E-state index contributed by atoms with van der Waals surface area (Å²) in [6.07, 6.45) is 1.59. The fourth-order valence-electron chi connectivity index (χ4n) is 3.80. The fourth-order valence-corrected chi connectivity index (χ4v) is 4.39. The average Bonchev–Trinajstić information content (AvgIpc) is 3.36. The number of hydrogen-bond donors (Lipinski definition) is 2. The predicted octanol–water partition coefficient (Wildman–Crippen LogP) is 2.12. The van der Waals surface area contributed by atoms with Crippen molar-refractivity contribution in [1.82, 2.24) is 15.2 Å². The number of aromatic nitrogens is 1. The molecule has 2 aromatic rings. The number of carbonyl (C=O) groups excluding carboxylic acids is 1. The monoisotopic (exact) mass is 492 g/mol. The Labute approximate surface area is 197 Å². The largest absolute Gasteiger partial charge is 0.480 e. The molecule has 12 heteroatoms. The van der Waals surface area contributed by atoms with E-state index in [4.69, 9.17) is 9.47 Å². The summed E-state index contributed by atoms with van der Waals surface area (Å²) in [4.78, 5) is 35.4. The number of carboxylic acids is 1.